The van der Waals surface area contributed by atoms with Gasteiger partial charge >= 0.3 is 0 Å². The number of methoxy groups -OCH3 is 1. The van der Waals surface area contributed by atoms with Gasteiger partial charge in [0.15, 0.2) is 0 Å². The lowest BCUT2D eigenvalue weighted by Gasteiger charge is -2.22. The van der Waals surface area contributed by atoms with Crippen molar-refractivity contribution in [3.8, 4) is 5.75 Å². The van der Waals surface area contributed by atoms with E-state index in [0.717, 1.165) is 25.7 Å². The average molecular weight is 325 g/mol. The Balaban J connectivity index is 1.86. The van der Waals surface area contributed by atoms with Crippen LogP contribution in [-0.2, 0) is 9.59 Å². The monoisotopic (exact) mass is 324 g/mol. The number of nitrogens with one attached hydrogen (secondary N) is 2. The molecular formula is C16H21ClN2O3. The van der Waals surface area contributed by atoms with Crippen LogP contribution in [0.4, 0.5) is 5.69 Å². The van der Waals surface area contributed by atoms with Crippen molar-refractivity contribution in [3.05, 3.63) is 23.2 Å². The van der Waals surface area contributed by atoms with Crippen molar-refractivity contribution in [2.24, 2.45) is 0 Å². The molecule has 1 aromatic carbocycles. The second kappa shape index (κ2) is 8.03. The molecule has 5 nitrogen and oxygen atoms in total. The largest absolute Gasteiger partial charge is 0.495 e. The summed E-state index contributed by atoms with van der Waals surface area (Å²) in [5.74, 6) is -0.121. The van der Waals surface area contributed by atoms with E-state index in [1.807, 2.05) is 0 Å². The SMILES string of the molecule is COc1ccc(Cl)cc1NC(=O)CC(=O)NC1CCCCC1. The Morgan fingerprint density at radius 1 is 1.23 bits per heavy atom. The number of carbonyl (C=O) groups excluding carboxylic acids is 2. The van der Waals surface area contributed by atoms with Crippen molar-refractivity contribution < 1.29 is 14.3 Å². The minimum absolute atomic E-state index is 0.202. The molecule has 0 saturated heterocycles. The first-order valence-electron chi connectivity index (χ1n) is 7.51. The molecule has 2 rings (SSSR count). The quantitative estimate of drug-likeness (QED) is 0.818. The fourth-order valence-corrected chi connectivity index (χ4v) is 2.82. The standard InChI is InChI=1S/C16H21ClN2O3/c1-22-14-8-7-11(17)9-13(14)19-16(21)10-15(20)18-12-5-3-2-4-6-12/h7-9,12H,2-6,10H2,1H3,(H,18,20)(H,19,21). The number of amides is 2. The van der Waals surface area contributed by atoms with Gasteiger partial charge in [-0.2, -0.15) is 0 Å². The maximum absolute atomic E-state index is 12.0. The highest BCUT2D eigenvalue weighted by Gasteiger charge is 2.18. The van der Waals surface area contributed by atoms with Gasteiger partial charge in [0.05, 0.1) is 12.8 Å². The molecule has 1 aliphatic rings. The molecule has 22 heavy (non-hydrogen) atoms. The van der Waals surface area contributed by atoms with E-state index in [4.69, 9.17) is 16.3 Å². The molecule has 0 aliphatic heterocycles. The van der Waals surface area contributed by atoms with Gasteiger partial charge in [-0.3, -0.25) is 9.59 Å². The van der Waals surface area contributed by atoms with E-state index in [9.17, 15) is 9.59 Å². The van der Waals surface area contributed by atoms with Gasteiger partial charge in [0.25, 0.3) is 0 Å². The van der Waals surface area contributed by atoms with Crippen LogP contribution in [0.25, 0.3) is 0 Å². The molecule has 0 aromatic heterocycles. The molecule has 0 unspecified atom stereocenters. The summed E-state index contributed by atoms with van der Waals surface area (Å²) in [5, 5.41) is 6.07. The Kier molecular flexibility index (Phi) is 6.07. The molecule has 2 N–H and O–H groups in total. The van der Waals surface area contributed by atoms with Gasteiger partial charge in [-0.25, -0.2) is 0 Å². The van der Waals surface area contributed by atoms with Crippen LogP contribution in [-0.4, -0.2) is 25.0 Å². The number of hydrogen-bond donors (Lipinski definition) is 2. The van der Waals surface area contributed by atoms with Crippen LogP contribution in [0, 0.1) is 0 Å². The summed E-state index contributed by atoms with van der Waals surface area (Å²) in [6.07, 6.45) is 5.28. The van der Waals surface area contributed by atoms with Crippen LogP contribution in [0.1, 0.15) is 38.5 Å². The Labute approximate surface area is 135 Å². The lowest BCUT2D eigenvalue weighted by molar-refractivity contribution is -0.127. The van der Waals surface area contributed by atoms with Gasteiger partial charge in [-0.15, -0.1) is 0 Å². The first-order valence-corrected chi connectivity index (χ1v) is 7.89. The van der Waals surface area contributed by atoms with E-state index in [2.05, 4.69) is 10.6 Å². The van der Waals surface area contributed by atoms with Crippen LogP contribution < -0.4 is 15.4 Å². The highest BCUT2D eigenvalue weighted by molar-refractivity contribution is 6.31. The molecule has 1 aliphatic carbocycles. The number of anilines is 1. The van der Waals surface area contributed by atoms with Crippen LogP contribution in [0.3, 0.4) is 0 Å². The Morgan fingerprint density at radius 3 is 2.64 bits per heavy atom. The van der Waals surface area contributed by atoms with E-state index < -0.39 is 0 Å². The summed E-state index contributed by atoms with van der Waals surface area (Å²) >= 11 is 5.91. The summed E-state index contributed by atoms with van der Waals surface area (Å²) in [4.78, 5) is 23.9. The van der Waals surface area contributed by atoms with Crippen molar-refractivity contribution >= 4 is 29.1 Å². The summed E-state index contributed by atoms with van der Waals surface area (Å²) in [6, 6.07) is 5.14. The smallest absolute Gasteiger partial charge is 0.233 e. The maximum atomic E-state index is 12.0. The van der Waals surface area contributed by atoms with Crippen molar-refractivity contribution in [1.29, 1.82) is 0 Å². The number of hydrogen-bond acceptors (Lipinski definition) is 3. The van der Waals surface area contributed by atoms with E-state index in [-0.39, 0.29) is 24.3 Å². The van der Waals surface area contributed by atoms with E-state index >= 15 is 0 Å². The minimum atomic E-state index is -0.381. The summed E-state index contributed by atoms with van der Waals surface area (Å²) in [7, 11) is 1.51. The second-order valence-corrected chi connectivity index (χ2v) is 5.91. The van der Waals surface area contributed by atoms with Crippen LogP contribution in [0.15, 0.2) is 18.2 Å². The fourth-order valence-electron chi connectivity index (χ4n) is 2.64. The third-order valence-electron chi connectivity index (χ3n) is 3.73. The van der Waals surface area contributed by atoms with Gasteiger partial charge in [0.2, 0.25) is 11.8 Å². The molecule has 0 spiro atoms. The highest BCUT2D eigenvalue weighted by Crippen LogP contribution is 2.27. The third kappa shape index (κ3) is 4.91. The second-order valence-electron chi connectivity index (χ2n) is 5.47. The first-order chi connectivity index (χ1) is 10.6. The Morgan fingerprint density at radius 2 is 1.95 bits per heavy atom. The first kappa shape index (κ1) is 16.6. The Hall–Kier alpha value is -1.75. The number of carbonyl (C=O) groups is 2. The number of ether oxygens (including phenoxy) is 1. The topological polar surface area (TPSA) is 67.4 Å². The molecule has 2 amide bonds. The summed E-state index contributed by atoms with van der Waals surface area (Å²) in [5.41, 5.74) is 0.463. The van der Waals surface area contributed by atoms with Crippen molar-refractivity contribution in [2.45, 2.75) is 44.6 Å². The maximum Gasteiger partial charge on any atom is 0.233 e. The van der Waals surface area contributed by atoms with Crippen molar-refractivity contribution in [3.63, 3.8) is 0 Å². The third-order valence-corrected chi connectivity index (χ3v) is 3.96. The average Bonchev–Trinajstić information content (AvgIpc) is 2.48. The molecule has 0 atom stereocenters. The van der Waals surface area contributed by atoms with E-state index in [1.165, 1.54) is 13.5 Å². The van der Waals surface area contributed by atoms with E-state index in [0.29, 0.717) is 16.5 Å². The molecular weight excluding hydrogens is 304 g/mol. The van der Waals surface area contributed by atoms with Crippen molar-refractivity contribution in [1.82, 2.24) is 5.32 Å². The van der Waals surface area contributed by atoms with Gasteiger partial charge in [-0.05, 0) is 31.0 Å². The van der Waals surface area contributed by atoms with Gasteiger partial charge < -0.3 is 15.4 Å². The fraction of sp³-hybridized carbons (Fsp3) is 0.500. The van der Waals surface area contributed by atoms with Gasteiger partial charge in [0, 0.05) is 11.1 Å². The summed E-state index contributed by atoms with van der Waals surface area (Å²) < 4.78 is 5.15. The van der Waals surface area contributed by atoms with Crippen LogP contribution >= 0.6 is 11.6 Å². The molecule has 0 bridgehead atoms. The molecule has 0 radical (unpaired) electrons. The molecule has 120 valence electrons. The molecule has 1 aromatic rings. The van der Waals surface area contributed by atoms with E-state index in [1.54, 1.807) is 18.2 Å². The van der Waals surface area contributed by atoms with Crippen LogP contribution in [0.5, 0.6) is 5.75 Å². The molecule has 6 heteroatoms. The zero-order chi connectivity index (χ0) is 15.9. The predicted octanol–water partition coefficient (Wildman–Crippen LogP) is 3.13. The zero-order valence-electron chi connectivity index (χ0n) is 12.7. The van der Waals surface area contributed by atoms with Gasteiger partial charge in [-0.1, -0.05) is 30.9 Å². The van der Waals surface area contributed by atoms with Gasteiger partial charge in [0.1, 0.15) is 12.2 Å². The normalized spacial score (nSPS) is 15.2. The summed E-state index contributed by atoms with van der Waals surface area (Å²) in [6.45, 7) is 0. The predicted molar refractivity (Wildman–Crippen MR) is 86.3 cm³/mol. The number of rotatable bonds is 5. The molecule has 0 heterocycles. The Bertz CT molecular complexity index is 542. The highest BCUT2D eigenvalue weighted by atomic mass is 35.5. The van der Waals surface area contributed by atoms with Crippen LogP contribution in [0.2, 0.25) is 5.02 Å². The zero-order valence-corrected chi connectivity index (χ0v) is 13.4. The molecule has 1 saturated carbocycles. The lowest BCUT2D eigenvalue weighted by Crippen LogP contribution is -2.37. The number of benzene rings is 1. The lowest BCUT2D eigenvalue weighted by atomic mass is 9.95. The van der Waals surface area contributed by atoms with Crippen molar-refractivity contribution in [2.75, 3.05) is 12.4 Å². The number of halogens is 1. The molecule has 1 fully saturated rings. The minimum Gasteiger partial charge on any atom is -0.495 e.